The number of phenolic OH excluding ortho intramolecular Hbond substituents is 1. The quantitative estimate of drug-likeness (QED) is 0.0941. The fourth-order valence-corrected chi connectivity index (χ4v) is 7.28. The molecule has 4 rings (SSSR count). The van der Waals surface area contributed by atoms with Crippen LogP contribution in [0.5, 0.6) is 5.75 Å². The van der Waals surface area contributed by atoms with Crippen LogP contribution in [0.2, 0.25) is 0 Å². The molecule has 1 aliphatic rings. The highest BCUT2D eigenvalue weighted by molar-refractivity contribution is 7.23. The first-order valence-corrected chi connectivity index (χ1v) is 15.3. The second-order valence-corrected chi connectivity index (χ2v) is 12.5. The van der Waals surface area contributed by atoms with Crippen molar-refractivity contribution in [2.75, 3.05) is 18.9 Å². The van der Waals surface area contributed by atoms with Gasteiger partial charge in [-0.05, 0) is 93.8 Å². The predicted octanol–water partition coefficient (Wildman–Crippen LogP) is 5.48. The molecule has 3 aromatic rings. The molecule has 2 atom stereocenters. The average Bonchev–Trinajstić information content (AvgIpc) is 3.61. The Morgan fingerprint density at radius 3 is 2.55 bits per heavy atom. The Morgan fingerprint density at radius 1 is 1.12 bits per heavy atom. The van der Waals surface area contributed by atoms with Crippen molar-refractivity contribution in [2.24, 2.45) is 22.6 Å². The van der Waals surface area contributed by atoms with E-state index in [1.54, 1.807) is 48.8 Å². The number of nitrogens with two attached hydrogens (primary N) is 1. The molecule has 0 bridgehead atoms. The number of phenols is 1. The molecule has 7 nitrogen and oxygen atoms in total. The molecule has 40 heavy (non-hydrogen) atoms. The molecule has 2 heterocycles. The maximum Gasteiger partial charge on any atom is 0.188 e. The number of benzene rings is 1. The van der Waals surface area contributed by atoms with Crippen molar-refractivity contribution in [2.45, 2.75) is 58.1 Å². The summed E-state index contributed by atoms with van der Waals surface area (Å²) >= 11 is 3.23. The van der Waals surface area contributed by atoms with Gasteiger partial charge in [-0.1, -0.05) is 5.92 Å². The van der Waals surface area contributed by atoms with Gasteiger partial charge < -0.3 is 26.6 Å². The molecule has 0 aliphatic heterocycles. The summed E-state index contributed by atoms with van der Waals surface area (Å²) in [6.45, 7) is 3.94. The number of guanidine groups is 1. The Labute approximate surface area is 244 Å². The number of nitrogens with one attached hydrogen (secondary N) is 2. The summed E-state index contributed by atoms with van der Waals surface area (Å²) < 4.78 is 0. The van der Waals surface area contributed by atoms with Gasteiger partial charge >= 0.3 is 0 Å². The molecule has 0 radical (unpaired) electrons. The largest absolute Gasteiger partial charge is 0.508 e. The summed E-state index contributed by atoms with van der Waals surface area (Å²) in [6, 6.07) is 13.5. The third kappa shape index (κ3) is 7.87. The van der Waals surface area contributed by atoms with Gasteiger partial charge in [-0.15, -0.1) is 28.6 Å². The number of carbonyl (C=O) groups is 1. The van der Waals surface area contributed by atoms with E-state index < -0.39 is 6.10 Å². The standard InChI is InChI=1S/C31H38N4O3S2/c1-4-5-25-10-11-27(39-25)28-12-13-29(40-28)30(38)22-8-6-21(7-9-22)26(35-31(32)33-3)16-20-14-23(17-24(37)15-20)34-18-19(2)36/h10-15,17,19,21-22,26,34,36-37H,6-9,16,18H2,1-3H3,(H3,32,33,35)/t19-,21?,22?,26+/m0/s1. The van der Waals surface area contributed by atoms with Crippen LogP contribution in [0.25, 0.3) is 9.75 Å². The van der Waals surface area contributed by atoms with Crippen molar-refractivity contribution in [1.29, 1.82) is 0 Å². The summed E-state index contributed by atoms with van der Waals surface area (Å²) in [7, 11) is 1.66. The minimum atomic E-state index is -0.497. The molecule has 0 spiro atoms. The van der Waals surface area contributed by atoms with Gasteiger partial charge in [-0.2, -0.15) is 0 Å². The summed E-state index contributed by atoms with van der Waals surface area (Å²) in [6.07, 6.45) is 3.61. The summed E-state index contributed by atoms with van der Waals surface area (Å²) in [5.41, 5.74) is 7.80. The molecular weight excluding hydrogens is 541 g/mol. The Hall–Kier alpha value is -3.32. The molecule has 1 fully saturated rings. The van der Waals surface area contributed by atoms with Crippen molar-refractivity contribution in [3.05, 3.63) is 57.8 Å². The zero-order valence-electron chi connectivity index (χ0n) is 23.2. The minimum absolute atomic E-state index is 0.0127. The number of nitrogens with zero attached hydrogens (tertiary/aromatic N) is 1. The molecule has 1 aromatic carbocycles. The van der Waals surface area contributed by atoms with Gasteiger partial charge in [0.05, 0.1) is 15.9 Å². The highest BCUT2D eigenvalue weighted by Crippen LogP contribution is 2.38. The molecule has 1 saturated carbocycles. The summed E-state index contributed by atoms with van der Waals surface area (Å²) in [4.78, 5) is 21.6. The van der Waals surface area contributed by atoms with Crippen LogP contribution in [0.4, 0.5) is 5.69 Å². The smallest absolute Gasteiger partial charge is 0.188 e. The van der Waals surface area contributed by atoms with E-state index in [0.29, 0.717) is 24.8 Å². The molecule has 9 heteroatoms. The Kier molecular flexibility index (Phi) is 10.3. The monoisotopic (exact) mass is 578 g/mol. The normalized spacial score (nSPS) is 18.9. The van der Waals surface area contributed by atoms with Crippen molar-refractivity contribution in [3.63, 3.8) is 0 Å². The van der Waals surface area contributed by atoms with Gasteiger partial charge in [0.15, 0.2) is 11.7 Å². The number of aliphatic hydroxyl groups is 1. The first-order valence-electron chi connectivity index (χ1n) is 13.7. The van der Waals surface area contributed by atoms with E-state index in [1.807, 2.05) is 31.2 Å². The summed E-state index contributed by atoms with van der Waals surface area (Å²) in [5, 5.41) is 26.5. The average molecular weight is 579 g/mol. The number of aromatic hydroxyl groups is 1. The number of rotatable bonds is 10. The van der Waals surface area contributed by atoms with E-state index in [0.717, 1.165) is 56.4 Å². The maximum absolute atomic E-state index is 13.4. The molecular formula is C31H38N4O3S2. The molecule has 0 unspecified atom stereocenters. The fourth-order valence-electron chi connectivity index (χ4n) is 5.25. The van der Waals surface area contributed by atoms with Crippen LogP contribution in [0.15, 0.2) is 47.5 Å². The number of ketones is 1. The van der Waals surface area contributed by atoms with Gasteiger partial charge in [0.2, 0.25) is 0 Å². The van der Waals surface area contributed by atoms with Crippen LogP contribution >= 0.6 is 22.7 Å². The predicted molar refractivity (Wildman–Crippen MR) is 166 cm³/mol. The number of aliphatic hydroxyl groups excluding tert-OH is 1. The third-order valence-corrected chi connectivity index (χ3v) is 9.56. The lowest BCUT2D eigenvalue weighted by Crippen LogP contribution is -2.46. The van der Waals surface area contributed by atoms with E-state index in [9.17, 15) is 15.0 Å². The molecule has 212 valence electrons. The highest BCUT2D eigenvalue weighted by atomic mass is 32.1. The Bertz CT molecular complexity index is 1390. The van der Waals surface area contributed by atoms with Crippen LogP contribution in [0, 0.1) is 23.7 Å². The lowest BCUT2D eigenvalue weighted by atomic mass is 9.75. The van der Waals surface area contributed by atoms with Gasteiger partial charge in [0.25, 0.3) is 0 Å². The lowest BCUT2D eigenvalue weighted by Gasteiger charge is -2.34. The van der Waals surface area contributed by atoms with Crippen molar-refractivity contribution in [3.8, 4) is 27.3 Å². The maximum atomic E-state index is 13.4. The molecule has 2 aromatic heterocycles. The fraction of sp³-hybridized carbons (Fsp3) is 0.419. The molecule has 0 saturated heterocycles. The van der Waals surface area contributed by atoms with Gasteiger partial charge in [0.1, 0.15) is 5.75 Å². The lowest BCUT2D eigenvalue weighted by molar-refractivity contribution is 0.0867. The van der Waals surface area contributed by atoms with Crippen molar-refractivity contribution in [1.82, 2.24) is 5.32 Å². The number of anilines is 1. The number of carbonyl (C=O) groups excluding carboxylic acids is 1. The van der Waals surface area contributed by atoms with Crippen LogP contribution in [0.3, 0.4) is 0 Å². The first kappa shape index (κ1) is 29.7. The van der Waals surface area contributed by atoms with E-state index in [4.69, 9.17) is 5.73 Å². The molecule has 0 amide bonds. The highest BCUT2D eigenvalue weighted by Gasteiger charge is 2.32. The number of aliphatic imine (C=N–C) groups is 1. The minimum Gasteiger partial charge on any atom is -0.508 e. The van der Waals surface area contributed by atoms with Crippen LogP contribution in [-0.2, 0) is 6.42 Å². The van der Waals surface area contributed by atoms with Gasteiger partial charge in [-0.25, -0.2) is 0 Å². The van der Waals surface area contributed by atoms with Crippen molar-refractivity contribution >= 4 is 40.1 Å². The third-order valence-electron chi connectivity index (χ3n) is 7.27. The zero-order chi connectivity index (χ0) is 28.6. The van der Waals surface area contributed by atoms with Gasteiger partial charge in [0, 0.05) is 47.1 Å². The van der Waals surface area contributed by atoms with E-state index in [1.165, 1.54) is 0 Å². The SMILES string of the molecule is CC#Cc1ccc(-c2ccc(C(=O)C3CCC([C@@H](Cc4cc(O)cc(NC[C@H](C)O)c4)NC(N)=NC)CC3)s2)s1. The number of hydrogen-bond acceptors (Lipinski definition) is 7. The van der Waals surface area contributed by atoms with Crippen LogP contribution in [0.1, 0.15) is 59.6 Å². The van der Waals surface area contributed by atoms with E-state index in [2.05, 4.69) is 33.5 Å². The van der Waals surface area contributed by atoms with Crippen molar-refractivity contribution < 1.29 is 15.0 Å². The zero-order valence-corrected chi connectivity index (χ0v) is 24.9. The number of hydrogen-bond donors (Lipinski definition) is 5. The number of Topliss-reactive ketones (excluding diaryl/α,β-unsaturated/α-hetero) is 1. The number of thiophene rings is 2. The molecule has 6 N–H and O–H groups in total. The topological polar surface area (TPSA) is 120 Å². The molecule has 1 aliphatic carbocycles. The van der Waals surface area contributed by atoms with E-state index in [-0.39, 0.29) is 23.5 Å². The van der Waals surface area contributed by atoms with Gasteiger partial charge in [-0.3, -0.25) is 9.79 Å². The Morgan fingerprint density at radius 2 is 1.85 bits per heavy atom. The Balaban J connectivity index is 1.41. The summed E-state index contributed by atoms with van der Waals surface area (Å²) in [5.74, 6) is 7.15. The second-order valence-electron chi connectivity index (χ2n) is 10.4. The van der Waals surface area contributed by atoms with Crippen LogP contribution in [-0.4, -0.2) is 47.7 Å². The second kappa shape index (κ2) is 13.8. The van der Waals surface area contributed by atoms with Crippen LogP contribution < -0.4 is 16.4 Å². The first-order chi connectivity index (χ1) is 19.2. The van der Waals surface area contributed by atoms with E-state index >= 15 is 0 Å².